The zero-order valence-corrected chi connectivity index (χ0v) is 15.4. The third-order valence-electron chi connectivity index (χ3n) is 3.50. The summed E-state index contributed by atoms with van der Waals surface area (Å²) in [4.78, 5) is 16.3. The van der Waals surface area contributed by atoms with Crippen molar-refractivity contribution in [1.29, 1.82) is 0 Å². The summed E-state index contributed by atoms with van der Waals surface area (Å²) in [6.07, 6.45) is 3.15. The summed E-state index contributed by atoms with van der Waals surface area (Å²) in [5.74, 6) is 0. The quantitative estimate of drug-likeness (QED) is 0.738. The van der Waals surface area contributed by atoms with E-state index in [9.17, 15) is 13.6 Å². The second-order valence-electron chi connectivity index (χ2n) is 6.93. The minimum atomic E-state index is -2.84. The molecule has 146 valence electrons. The zero-order valence-electron chi connectivity index (χ0n) is 15.4. The summed E-state index contributed by atoms with van der Waals surface area (Å²) in [5.41, 5.74) is 6.29. The van der Waals surface area contributed by atoms with Crippen molar-refractivity contribution < 1.29 is 18.3 Å². The van der Waals surface area contributed by atoms with Gasteiger partial charge in [-0.3, -0.25) is 4.98 Å². The number of nitrogens with zero attached hydrogens (tertiary/aromatic N) is 3. The molecule has 27 heavy (non-hydrogen) atoms. The molecule has 0 aliphatic carbocycles. The smallest absolute Gasteiger partial charge is 0.408 e. The molecular weight excluding hydrogens is 356 g/mol. The van der Waals surface area contributed by atoms with Crippen LogP contribution in [0.1, 0.15) is 45.5 Å². The Balaban J connectivity index is 2.34. The number of nitrogen functional groups attached to an aromatic ring is 1. The van der Waals surface area contributed by atoms with E-state index in [1.807, 2.05) is 20.8 Å². The van der Waals surface area contributed by atoms with Gasteiger partial charge in [0.05, 0.1) is 23.3 Å². The Morgan fingerprint density at radius 1 is 1.48 bits per heavy atom. The number of amides is 1. The highest BCUT2D eigenvalue weighted by Gasteiger charge is 2.23. The van der Waals surface area contributed by atoms with E-state index in [0.29, 0.717) is 22.4 Å². The highest BCUT2D eigenvalue weighted by Crippen LogP contribution is 2.31. The highest BCUT2D eigenvalue weighted by atomic mass is 19.3. The number of anilines is 1. The van der Waals surface area contributed by atoms with Gasteiger partial charge in [-0.15, -0.1) is 6.58 Å². The molecule has 1 amide bonds. The molecule has 0 unspecified atom stereocenters. The zero-order chi connectivity index (χ0) is 20.2. The van der Waals surface area contributed by atoms with Crippen LogP contribution in [0, 0.1) is 0 Å². The van der Waals surface area contributed by atoms with Crippen LogP contribution in [0.5, 0.6) is 0 Å². The van der Waals surface area contributed by atoms with Crippen molar-refractivity contribution >= 4 is 11.8 Å². The van der Waals surface area contributed by atoms with Gasteiger partial charge >= 0.3 is 12.6 Å². The van der Waals surface area contributed by atoms with Gasteiger partial charge in [-0.05, 0) is 32.9 Å². The summed E-state index contributed by atoms with van der Waals surface area (Å²) in [6, 6.07) is 3.08. The monoisotopic (exact) mass is 379 g/mol. The molecule has 9 heteroatoms. The Bertz CT molecular complexity index is 814. The Morgan fingerprint density at radius 3 is 2.78 bits per heavy atom. The number of hydrogen-bond donors (Lipinski definition) is 2. The summed E-state index contributed by atoms with van der Waals surface area (Å²) in [7, 11) is 0. The molecule has 3 N–H and O–H groups in total. The van der Waals surface area contributed by atoms with Gasteiger partial charge in [-0.25, -0.2) is 9.48 Å². The number of nitrogens with one attached hydrogen (secondary N) is 1. The fourth-order valence-electron chi connectivity index (χ4n) is 2.44. The van der Waals surface area contributed by atoms with Crippen LogP contribution >= 0.6 is 0 Å². The Labute approximate surface area is 156 Å². The number of nitrogens with two attached hydrogens (primary N) is 1. The number of rotatable bonds is 6. The third-order valence-corrected chi connectivity index (χ3v) is 3.50. The lowest BCUT2D eigenvalue weighted by molar-refractivity contribution is 0.0585. The predicted molar refractivity (Wildman–Crippen MR) is 98.0 cm³/mol. The van der Waals surface area contributed by atoms with E-state index in [1.54, 1.807) is 12.1 Å². The average Bonchev–Trinajstić information content (AvgIpc) is 2.95. The van der Waals surface area contributed by atoms with Crippen LogP contribution in [0.3, 0.4) is 0 Å². The van der Waals surface area contributed by atoms with Gasteiger partial charge in [0.25, 0.3) is 0 Å². The molecular formula is C18H23F2N5O2. The van der Waals surface area contributed by atoms with Crippen LogP contribution in [0.4, 0.5) is 19.3 Å². The summed E-state index contributed by atoms with van der Waals surface area (Å²) in [5, 5.41) is 6.30. The topological polar surface area (TPSA) is 95.1 Å². The molecule has 0 aliphatic rings. The normalized spacial score (nSPS) is 12.7. The average molecular weight is 379 g/mol. The van der Waals surface area contributed by atoms with E-state index in [-0.39, 0.29) is 11.4 Å². The lowest BCUT2D eigenvalue weighted by Gasteiger charge is -2.23. The van der Waals surface area contributed by atoms with Crippen molar-refractivity contribution in [3.8, 4) is 11.3 Å². The molecule has 0 saturated heterocycles. The fourth-order valence-corrected chi connectivity index (χ4v) is 2.44. The first-order valence-electron chi connectivity index (χ1n) is 8.29. The molecule has 0 aromatic carbocycles. The number of hydrogen-bond acceptors (Lipinski definition) is 5. The molecule has 0 radical (unpaired) electrons. The van der Waals surface area contributed by atoms with Crippen LogP contribution in [0.15, 0.2) is 37.2 Å². The molecule has 2 heterocycles. The maximum atomic E-state index is 13.2. The van der Waals surface area contributed by atoms with Crippen LogP contribution in [0.25, 0.3) is 11.3 Å². The van der Waals surface area contributed by atoms with Gasteiger partial charge in [0, 0.05) is 23.7 Å². The van der Waals surface area contributed by atoms with E-state index in [4.69, 9.17) is 10.5 Å². The van der Waals surface area contributed by atoms with Crippen molar-refractivity contribution in [3.05, 3.63) is 42.9 Å². The van der Waals surface area contributed by atoms with E-state index >= 15 is 0 Å². The van der Waals surface area contributed by atoms with Gasteiger partial charge in [0.15, 0.2) is 0 Å². The van der Waals surface area contributed by atoms with Crippen LogP contribution in [-0.4, -0.2) is 26.4 Å². The van der Waals surface area contributed by atoms with Gasteiger partial charge in [-0.2, -0.15) is 13.9 Å². The maximum absolute atomic E-state index is 13.2. The molecule has 2 aromatic heterocycles. The first-order chi connectivity index (χ1) is 12.6. The van der Waals surface area contributed by atoms with Gasteiger partial charge in [0.1, 0.15) is 6.10 Å². The molecule has 0 spiro atoms. The highest BCUT2D eigenvalue weighted by molar-refractivity contribution is 5.73. The summed E-state index contributed by atoms with van der Waals surface area (Å²) in [6.45, 7) is 6.29. The van der Waals surface area contributed by atoms with Crippen molar-refractivity contribution in [2.75, 3.05) is 5.73 Å². The molecule has 0 aliphatic heterocycles. The first-order valence-corrected chi connectivity index (χ1v) is 8.29. The number of aromatic nitrogens is 3. The van der Waals surface area contributed by atoms with E-state index < -0.39 is 24.3 Å². The minimum absolute atomic E-state index is 0.0742. The number of alkyl carbamates (subject to hydrolysis) is 1. The Hall–Kier alpha value is -2.97. The van der Waals surface area contributed by atoms with E-state index in [2.05, 4.69) is 22.0 Å². The number of carbonyl (C=O) groups excluding carboxylic acids is 1. The molecule has 0 bridgehead atoms. The van der Waals surface area contributed by atoms with Gasteiger partial charge in [0.2, 0.25) is 0 Å². The molecule has 2 aromatic rings. The largest absolute Gasteiger partial charge is 0.439 e. The Kier molecular flexibility index (Phi) is 6.14. The SMILES string of the molecule is C=CC[C@@H](OC(=O)NC(C)(C)C)c1cc(-c2c(N)cnn2C(F)F)ccn1. The van der Waals surface area contributed by atoms with Crippen molar-refractivity contribution in [2.24, 2.45) is 0 Å². The summed E-state index contributed by atoms with van der Waals surface area (Å²) >= 11 is 0. The molecule has 0 fully saturated rings. The second-order valence-corrected chi connectivity index (χ2v) is 6.93. The molecule has 1 atom stereocenters. The number of halogens is 2. The lowest BCUT2D eigenvalue weighted by atomic mass is 10.1. The van der Waals surface area contributed by atoms with Crippen LogP contribution in [-0.2, 0) is 4.74 Å². The van der Waals surface area contributed by atoms with Crippen LogP contribution < -0.4 is 11.1 Å². The maximum Gasteiger partial charge on any atom is 0.408 e. The predicted octanol–water partition coefficient (Wildman–Crippen LogP) is 4.06. The standard InChI is InChI=1S/C18H23F2N5O2/c1-5-6-14(27-17(26)24-18(2,3)4)13-9-11(7-8-22-13)15-12(21)10-23-25(15)16(19)20/h5,7-10,14,16H,1,6,21H2,2-4H3,(H,24,26)/t14-/m1/s1. The van der Waals surface area contributed by atoms with E-state index in [0.717, 1.165) is 6.20 Å². The number of alkyl halides is 2. The molecule has 7 nitrogen and oxygen atoms in total. The second kappa shape index (κ2) is 8.15. The molecule has 0 saturated carbocycles. The minimum Gasteiger partial charge on any atom is -0.439 e. The lowest BCUT2D eigenvalue weighted by Crippen LogP contribution is -2.41. The molecule has 2 rings (SSSR count). The van der Waals surface area contributed by atoms with Crippen LogP contribution in [0.2, 0.25) is 0 Å². The third kappa shape index (κ3) is 5.25. The van der Waals surface area contributed by atoms with Crippen molar-refractivity contribution in [3.63, 3.8) is 0 Å². The van der Waals surface area contributed by atoms with Gasteiger partial charge in [-0.1, -0.05) is 6.08 Å². The van der Waals surface area contributed by atoms with Crippen molar-refractivity contribution in [2.45, 2.75) is 45.4 Å². The Morgan fingerprint density at radius 2 is 2.19 bits per heavy atom. The van der Waals surface area contributed by atoms with E-state index in [1.165, 1.54) is 12.3 Å². The summed E-state index contributed by atoms with van der Waals surface area (Å²) < 4.78 is 32.3. The number of ether oxygens (including phenoxy) is 1. The fraction of sp³-hybridized carbons (Fsp3) is 0.389. The number of carbonyl (C=O) groups is 1. The van der Waals surface area contributed by atoms with Crippen molar-refractivity contribution in [1.82, 2.24) is 20.1 Å². The first kappa shape index (κ1) is 20.3. The number of pyridine rings is 1. The van der Waals surface area contributed by atoms with Gasteiger partial charge < -0.3 is 15.8 Å².